The molecule has 0 unspecified atom stereocenters. The van der Waals surface area contributed by atoms with Crippen molar-refractivity contribution in [3.8, 4) is 0 Å². The maximum absolute atomic E-state index is 2.36. The Bertz CT molecular complexity index is 592. The highest BCUT2D eigenvalue weighted by Gasteiger charge is 2.03. The lowest BCUT2D eigenvalue weighted by Gasteiger charge is -2.02. The third-order valence-electron chi connectivity index (χ3n) is 4.74. The van der Waals surface area contributed by atoms with E-state index < -0.39 is 0 Å². The second-order valence-corrected chi connectivity index (χ2v) is 6.98. The maximum Gasteiger partial charge on any atom is 0.178 e. The molecule has 24 heavy (non-hydrogen) atoms. The summed E-state index contributed by atoms with van der Waals surface area (Å²) in [4.78, 5) is 0. The second-order valence-electron chi connectivity index (χ2n) is 6.98. The van der Waals surface area contributed by atoms with Crippen molar-refractivity contribution < 1.29 is 9.13 Å². The number of rotatable bonds is 11. The van der Waals surface area contributed by atoms with Crippen LogP contribution in [0, 0.1) is 13.8 Å². The normalized spacial score (nSPS) is 10.9. The fourth-order valence-corrected chi connectivity index (χ4v) is 3.24. The van der Waals surface area contributed by atoms with Crippen LogP contribution in [0.2, 0.25) is 0 Å². The van der Waals surface area contributed by atoms with Gasteiger partial charge in [-0.1, -0.05) is 31.7 Å². The number of aromatic nitrogens is 2. The molecule has 0 amide bonds. The molecule has 0 aliphatic heterocycles. The molecule has 2 heteroatoms. The molecule has 0 atom stereocenters. The zero-order valence-corrected chi connectivity index (χ0v) is 15.6. The van der Waals surface area contributed by atoms with Gasteiger partial charge in [0.1, 0.15) is 13.1 Å². The molecule has 2 heterocycles. The predicted octanol–water partition coefficient (Wildman–Crippen LogP) is 4.70. The molecule has 0 aliphatic rings. The highest BCUT2D eigenvalue weighted by molar-refractivity contribution is 5.01. The zero-order chi connectivity index (χ0) is 17.0. The average molecular weight is 327 g/mol. The molecule has 0 bridgehead atoms. The van der Waals surface area contributed by atoms with Crippen molar-refractivity contribution in [1.82, 2.24) is 0 Å². The number of hydrogen-bond donors (Lipinski definition) is 0. The van der Waals surface area contributed by atoms with Gasteiger partial charge in [-0.2, -0.15) is 0 Å². The Kier molecular flexibility index (Phi) is 8.51. The molecule has 0 aromatic carbocycles. The molecule has 2 rings (SSSR count). The second kappa shape index (κ2) is 11.0. The third-order valence-corrected chi connectivity index (χ3v) is 4.74. The minimum absolute atomic E-state index is 1.16. The van der Waals surface area contributed by atoms with E-state index in [0.29, 0.717) is 0 Å². The molecule has 0 aliphatic carbocycles. The fourth-order valence-electron chi connectivity index (χ4n) is 3.24. The van der Waals surface area contributed by atoms with Crippen LogP contribution in [-0.4, -0.2) is 0 Å². The first kappa shape index (κ1) is 18.6. The maximum atomic E-state index is 2.36. The van der Waals surface area contributed by atoms with E-state index in [-0.39, 0.29) is 0 Å². The average Bonchev–Trinajstić information content (AvgIpc) is 2.58. The molecule has 0 saturated carbocycles. The van der Waals surface area contributed by atoms with Gasteiger partial charge in [-0.3, -0.25) is 0 Å². The zero-order valence-electron chi connectivity index (χ0n) is 15.6. The molecule has 0 saturated heterocycles. The van der Waals surface area contributed by atoms with Crippen LogP contribution in [0.15, 0.2) is 48.9 Å². The van der Waals surface area contributed by atoms with Crippen LogP contribution in [-0.2, 0) is 13.1 Å². The van der Waals surface area contributed by atoms with Crippen molar-refractivity contribution >= 4 is 0 Å². The van der Waals surface area contributed by atoms with Gasteiger partial charge in [0, 0.05) is 43.5 Å². The summed E-state index contributed by atoms with van der Waals surface area (Å²) in [6.45, 7) is 6.68. The fraction of sp³-hybridized carbons (Fsp3) is 0.545. The Morgan fingerprint density at radius 1 is 0.667 bits per heavy atom. The van der Waals surface area contributed by atoms with E-state index in [0.717, 1.165) is 6.54 Å². The predicted molar refractivity (Wildman–Crippen MR) is 99.7 cm³/mol. The monoisotopic (exact) mass is 326 g/mol. The summed E-state index contributed by atoms with van der Waals surface area (Å²) in [5.74, 6) is 0. The van der Waals surface area contributed by atoms with Crippen LogP contribution in [0.25, 0.3) is 0 Å². The van der Waals surface area contributed by atoms with E-state index in [2.05, 4.69) is 71.9 Å². The molecule has 0 N–H and O–H groups in total. The van der Waals surface area contributed by atoms with Gasteiger partial charge in [-0.05, 0) is 25.8 Å². The summed E-state index contributed by atoms with van der Waals surface area (Å²) in [7, 11) is 0. The lowest BCUT2D eigenvalue weighted by atomic mass is 10.1. The Hall–Kier alpha value is -1.70. The van der Waals surface area contributed by atoms with E-state index in [1.54, 1.807) is 0 Å². The highest BCUT2D eigenvalue weighted by atomic mass is 14.9. The van der Waals surface area contributed by atoms with Crippen LogP contribution < -0.4 is 9.13 Å². The van der Waals surface area contributed by atoms with Crippen molar-refractivity contribution in [3.63, 3.8) is 0 Å². The summed E-state index contributed by atoms with van der Waals surface area (Å²) < 4.78 is 4.68. The Morgan fingerprint density at radius 3 is 2.00 bits per heavy atom. The lowest BCUT2D eigenvalue weighted by molar-refractivity contribution is -0.703. The largest absolute Gasteiger partial charge is 0.205 e. The van der Waals surface area contributed by atoms with Gasteiger partial charge in [0.15, 0.2) is 24.3 Å². The summed E-state index contributed by atoms with van der Waals surface area (Å²) in [5.41, 5.74) is 2.71. The molecular formula is C22H34N2+2. The summed E-state index contributed by atoms with van der Waals surface area (Å²) >= 11 is 0. The number of unbranched alkanes of at least 4 members (excludes halogenated alkanes) is 7. The summed E-state index contributed by atoms with van der Waals surface area (Å²) in [6.07, 6.45) is 17.5. The molecule has 130 valence electrons. The number of aryl methyl sites for hydroxylation is 4. The van der Waals surface area contributed by atoms with Crippen LogP contribution >= 0.6 is 0 Å². The molecular weight excluding hydrogens is 292 g/mol. The van der Waals surface area contributed by atoms with E-state index in [1.807, 2.05) is 0 Å². The van der Waals surface area contributed by atoms with E-state index in [9.17, 15) is 0 Å². The van der Waals surface area contributed by atoms with Gasteiger partial charge in [0.2, 0.25) is 0 Å². The summed E-state index contributed by atoms with van der Waals surface area (Å²) in [6, 6.07) is 10.7. The first-order valence-electron chi connectivity index (χ1n) is 9.66. The number of nitrogens with zero attached hydrogens (tertiary/aromatic N) is 2. The Labute approximate surface area is 148 Å². The van der Waals surface area contributed by atoms with Gasteiger partial charge < -0.3 is 0 Å². The quantitative estimate of drug-likeness (QED) is 0.418. The van der Waals surface area contributed by atoms with Crippen molar-refractivity contribution in [2.75, 3.05) is 0 Å². The van der Waals surface area contributed by atoms with Gasteiger partial charge >= 0.3 is 0 Å². The van der Waals surface area contributed by atoms with E-state index in [1.165, 1.54) is 69.2 Å². The molecule has 2 aromatic rings. The number of pyridine rings is 2. The van der Waals surface area contributed by atoms with Crippen molar-refractivity contribution in [2.45, 2.75) is 78.3 Å². The van der Waals surface area contributed by atoms with Crippen molar-refractivity contribution in [2.24, 2.45) is 0 Å². The van der Waals surface area contributed by atoms with Gasteiger partial charge in [0.05, 0.1) is 0 Å². The van der Waals surface area contributed by atoms with Crippen molar-refractivity contribution in [3.05, 3.63) is 60.2 Å². The van der Waals surface area contributed by atoms with E-state index >= 15 is 0 Å². The number of hydrogen-bond acceptors (Lipinski definition) is 0. The van der Waals surface area contributed by atoms with Crippen LogP contribution in [0.3, 0.4) is 0 Å². The minimum atomic E-state index is 1.16. The van der Waals surface area contributed by atoms with Gasteiger partial charge in [-0.15, -0.1) is 0 Å². The molecule has 0 spiro atoms. The molecule has 2 nitrogen and oxygen atoms in total. The standard InChI is InChI=1S/C22H34N2/c1-21-14-13-17-23(20-21)16-10-7-5-3-4-6-8-11-18-24-19-12-9-15-22(24)2/h9,12-15,17,19-20H,3-8,10-11,16,18H2,1-2H3/q+2. The minimum Gasteiger partial charge on any atom is -0.205 e. The third kappa shape index (κ3) is 7.25. The van der Waals surface area contributed by atoms with Crippen molar-refractivity contribution in [1.29, 1.82) is 0 Å². The van der Waals surface area contributed by atoms with Gasteiger partial charge in [0.25, 0.3) is 0 Å². The first-order chi connectivity index (χ1) is 11.8. The molecule has 0 radical (unpaired) electrons. The summed E-state index contributed by atoms with van der Waals surface area (Å²) in [5, 5.41) is 0. The Balaban J connectivity index is 1.42. The Morgan fingerprint density at radius 2 is 1.33 bits per heavy atom. The topological polar surface area (TPSA) is 7.76 Å². The van der Waals surface area contributed by atoms with Gasteiger partial charge in [-0.25, -0.2) is 9.13 Å². The lowest BCUT2D eigenvalue weighted by Crippen LogP contribution is -2.36. The molecule has 0 fully saturated rings. The van der Waals surface area contributed by atoms with Crippen LogP contribution in [0.5, 0.6) is 0 Å². The van der Waals surface area contributed by atoms with E-state index in [4.69, 9.17) is 0 Å². The smallest absolute Gasteiger partial charge is 0.178 e. The molecule has 2 aromatic heterocycles. The van der Waals surface area contributed by atoms with Crippen LogP contribution in [0.4, 0.5) is 0 Å². The first-order valence-corrected chi connectivity index (χ1v) is 9.66. The van der Waals surface area contributed by atoms with Crippen LogP contribution in [0.1, 0.15) is 62.6 Å². The highest BCUT2D eigenvalue weighted by Crippen LogP contribution is 2.08. The SMILES string of the molecule is Cc1ccc[n+](CCCCCCCCCC[n+]2ccccc2C)c1.